The summed E-state index contributed by atoms with van der Waals surface area (Å²) in [6.45, 7) is 0. The molecule has 2 aromatic carbocycles. The summed E-state index contributed by atoms with van der Waals surface area (Å²) in [6.07, 6.45) is 0.986. The average Bonchev–Trinajstić information content (AvgIpc) is 2.53. The SMILES string of the molecule is O=C(N/N=C\c1cccc([N+](=O)[O-])c1O)c1cc(O)c(O)c(O)c1. The van der Waals surface area contributed by atoms with Crippen LogP contribution in [0, 0.1) is 10.1 Å². The Morgan fingerprint density at radius 2 is 1.75 bits per heavy atom. The average molecular weight is 333 g/mol. The topological polar surface area (TPSA) is 166 Å². The van der Waals surface area contributed by atoms with Gasteiger partial charge in [0.25, 0.3) is 5.91 Å². The van der Waals surface area contributed by atoms with Crippen LogP contribution in [0.25, 0.3) is 0 Å². The zero-order chi connectivity index (χ0) is 17.9. The van der Waals surface area contributed by atoms with E-state index >= 15 is 0 Å². The monoisotopic (exact) mass is 333 g/mol. The summed E-state index contributed by atoms with van der Waals surface area (Å²) in [5.74, 6) is -3.60. The van der Waals surface area contributed by atoms with Crippen LogP contribution in [0.1, 0.15) is 15.9 Å². The molecular weight excluding hydrogens is 322 g/mol. The smallest absolute Gasteiger partial charge is 0.311 e. The van der Waals surface area contributed by atoms with Gasteiger partial charge in [-0.2, -0.15) is 5.10 Å². The first-order valence-corrected chi connectivity index (χ1v) is 6.36. The number of amides is 1. The number of nitro groups is 1. The maximum atomic E-state index is 11.8. The first-order valence-electron chi connectivity index (χ1n) is 6.36. The number of hydrogen-bond donors (Lipinski definition) is 5. The highest BCUT2D eigenvalue weighted by Crippen LogP contribution is 2.35. The second-order valence-electron chi connectivity index (χ2n) is 4.53. The van der Waals surface area contributed by atoms with Crippen LogP contribution in [0.4, 0.5) is 5.69 Å². The third kappa shape index (κ3) is 3.32. The molecule has 10 nitrogen and oxygen atoms in total. The van der Waals surface area contributed by atoms with E-state index in [1.807, 2.05) is 5.43 Å². The van der Waals surface area contributed by atoms with Gasteiger partial charge in [0.15, 0.2) is 17.2 Å². The largest absolute Gasteiger partial charge is 0.504 e. The van der Waals surface area contributed by atoms with E-state index < -0.39 is 39.5 Å². The predicted octanol–water partition coefficient (Wildman–Crippen LogP) is 1.18. The zero-order valence-electron chi connectivity index (χ0n) is 11.9. The van der Waals surface area contributed by atoms with Crippen molar-refractivity contribution in [1.29, 1.82) is 0 Å². The van der Waals surface area contributed by atoms with Crippen LogP contribution in [0.3, 0.4) is 0 Å². The maximum Gasteiger partial charge on any atom is 0.311 e. The number of phenolic OH excluding ortho intramolecular Hbond substituents is 4. The highest BCUT2D eigenvalue weighted by Gasteiger charge is 2.16. The molecule has 2 aromatic rings. The van der Waals surface area contributed by atoms with Crippen LogP contribution in [-0.2, 0) is 0 Å². The third-order valence-electron chi connectivity index (χ3n) is 2.94. The van der Waals surface area contributed by atoms with Crippen molar-refractivity contribution in [2.45, 2.75) is 0 Å². The second kappa shape index (κ2) is 6.52. The number of phenols is 4. The van der Waals surface area contributed by atoms with Crippen LogP contribution >= 0.6 is 0 Å². The number of hydrogen-bond acceptors (Lipinski definition) is 8. The van der Waals surface area contributed by atoms with E-state index in [1.54, 1.807) is 0 Å². The van der Waals surface area contributed by atoms with Crippen LogP contribution < -0.4 is 5.43 Å². The normalized spacial score (nSPS) is 10.7. The van der Waals surface area contributed by atoms with E-state index in [0.717, 1.165) is 24.4 Å². The minimum Gasteiger partial charge on any atom is -0.504 e. The molecule has 10 heteroatoms. The summed E-state index contributed by atoms with van der Waals surface area (Å²) in [4.78, 5) is 21.7. The molecule has 124 valence electrons. The van der Waals surface area contributed by atoms with E-state index in [4.69, 9.17) is 0 Å². The van der Waals surface area contributed by atoms with Crippen LogP contribution in [0.2, 0.25) is 0 Å². The zero-order valence-corrected chi connectivity index (χ0v) is 11.9. The quantitative estimate of drug-likeness (QED) is 0.242. The Labute approximate surface area is 134 Å². The Morgan fingerprint density at radius 3 is 2.33 bits per heavy atom. The molecule has 0 aromatic heterocycles. The minimum absolute atomic E-state index is 0.000834. The molecule has 0 radical (unpaired) electrons. The summed E-state index contributed by atoms with van der Waals surface area (Å²) in [5.41, 5.74) is 1.34. The molecule has 0 aliphatic heterocycles. The van der Waals surface area contributed by atoms with Gasteiger partial charge in [-0.1, -0.05) is 6.07 Å². The first-order chi connectivity index (χ1) is 11.3. The first kappa shape index (κ1) is 16.5. The van der Waals surface area contributed by atoms with Crippen molar-refractivity contribution in [1.82, 2.24) is 5.43 Å². The van der Waals surface area contributed by atoms with Crippen LogP contribution in [0.15, 0.2) is 35.4 Å². The summed E-state index contributed by atoms with van der Waals surface area (Å²) in [7, 11) is 0. The van der Waals surface area contributed by atoms with E-state index in [1.165, 1.54) is 12.1 Å². The molecular formula is C14H11N3O7. The number of benzene rings is 2. The lowest BCUT2D eigenvalue weighted by atomic mass is 10.2. The number of carbonyl (C=O) groups excluding carboxylic acids is 1. The van der Waals surface area contributed by atoms with Crippen molar-refractivity contribution < 1.29 is 30.1 Å². The van der Waals surface area contributed by atoms with Gasteiger partial charge in [0.1, 0.15) is 0 Å². The number of rotatable bonds is 4. The summed E-state index contributed by atoms with van der Waals surface area (Å²) < 4.78 is 0. The second-order valence-corrected chi connectivity index (χ2v) is 4.53. The van der Waals surface area contributed by atoms with Gasteiger partial charge in [0, 0.05) is 17.2 Å². The van der Waals surface area contributed by atoms with E-state index in [0.29, 0.717) is 0 Å². The van der Waals surface area contributed by atoms with Gasteiger partial charge in [0.05, 0.1) is 11.1 Å². The molecule has 0 atom stereocenters. The number of nitrogens with zero attached hydrogens (tertiary/aromatic N) is 2. The molecule has 0 unspecified atom stereocenters. The lowest BCUT2D eigenvalue weighted by Gasteiger charge is -2.04. The van der Waals surface area contributed by atoms with Crippen molar-refractivity contribution >= 4 is 17.8 Å². The number of nitrogens with one attached hydrogen (secondary N) is 1. The molecule has 0 bridgehead atoms. The molecule has 24 heavy (non-hydrogen) atoms. The molecule has 0 heterocycles. The Kier molecular flexibility index (Phi) is 4.50. The molecule has 2 rings (SSSR count). The molecule has 0 saturated heterocycles. The van der Waals surface area contributed by atoms with Crippen molar-refractivity contribution in [3.63, 3.8) is 0 Å². The van der Waals surface area contributed by atoms with Gasteiger partial charge in [-0.15, -0.1) is 0 Å². The molecule has 0 spiro atoms. The summed E-state index contributed by atoms with van der Waals surface area (Å²) in [6, 6.07) is 5.59. The summed E-state index contributed by atoms with van der Waals surface area (Å²) in [5, 5.41) is 51.8. The molecule has 1 amide bonds. The third-order valence-corrected chi connectivity index (χ3v) is 2.94. The standard InChI is InChI=1S/C14H11N3O7/c18-10-4-8(5-11(19)13(10)21)14(22)16-15-6-7-2-1-3-9(12(7)20)17(23)24/h1-6,18-21H,(H,16,22)/b15-6-. The number of para-hydroxylation sites is 1. The Bertz CT molecular complexity index is 825. The number of nitro benzene ring substituents is 1. The van der Waals surface area contributed by atoms with E-state index in [2.05, 4.69) is 5.10 Å². The number of hydrazone groups is 1. The fourth-order valence-electron chi connectivity index (χ4n) is 1.76. The van der Waals surface area contributed by atoms with Gasteiger partial charge in [-0.25, -0.2) is 5.43 Å². The lowest BCUT2D eigenvalue weighted by Crippen LogP contribution is -2.17. The minimum atomic E-state index is -0.832. The predicted molar refractivity (Wildman–Crippen MR) is 81.3 cm³/mol. The fraction of sp³-hybridized carbons (Fsp3) is 0. The molecule has 0 aliphatic carbocycles. The number of aromatic hydroxyl groups is 4. The van der Waals surface area contributed by atoms with E-state index in [9.17, 15) is 35.3 Å². The maximum absolute atomic E-state index is 11.8. The van der Waals surface area contributed by atoms with Crippen LogP contribution in [0.5, 0.6) is 23.0 Å². The highest BCUT2D eigenvalue weighted by molar-refractivity contribution is 5.96. The molecule has 5 N–H and O–H groups in total. The van der Waals surface area contributed by atoms with Gasteiger partial charge in [-0.05, 0) is 18.2 Å². The molecule has 0 fully saturated rings. The van der Waals surface area contributed by atoms with Gasteiger partial charge in [0.2, 0.25) is 5.75 Å². The van der Waals surface area contributed by atoms with Crippen molar-refractivity contribution in [3.05, 3.63) is 51.6 Å². The van der Waals surface area contributed by atoms with Crippen LogP contribution in [-0.4, -0.2) is 37.5 Å². The molecule has 0 aliphatic rings. The Balaban J connectivity index is 2.16. The number of carbonyl (C=O) groups is 1. The highest BCUT2D eigenvalue weighted by atomic mass is 16.6. The molecule has 0 saturated carbocycles. The van der Waals surface area contributed by atoms with Gasteiger partial charge in [-0.3, -0.25) is 14.9 Å². The summed E-state index contributed by atoms with van der Waals surface area (Å²) >= 11 is 0. The van der Waals surface area contributed by atoms with Crippen molar-refractivity contribution in [2.75, 3.05) is 0 Å². The van der Waals surface area contributed by atoms with Crippen molar-refractivity contribution in [2.24, 2.45) is 5.10 Å². The Hall–Kier alpha value is -3.82. The lowest BCUT2D eigenvalue weighted by molar-refractivity contribution is -0.385. The Morgan fingerprint density at radius 1 is 1.12 bits per heavy atom. The van der Waals surface area contributed by atoms with Gasteiger partial charge < -0.3 is 20.4 Å². The van der Waals surface area contributed by atoms with E-state index in [-0.39, 0.29) is 11.1 Å². The fourth-order valence-corrected chi connectivity index (χ4v) is 1.76. The van der Waals surface area contributed by atoms with Gasteiger partial charge >= 0.3 is 5.69 Å². The van der Waals surface area contributed by atoms with Crippen molar-refractivity contribution in [3.8, 4) is 23.0 Å².